The number of rotatable bonds is 14. The summed E-state index contributed by atoms with van der Waals surface area (Å²) in [5, 5.41) is 0. The topological polar surface area (TPSA) is 38.7 Å². The zero-order valence-corrected chi connectivity index (χ0v) is 20.0. The van der Waals surface area contributed by atoms with Crippen molar-refractivity contribution in [3.8, 4) is 0 Å². The van der Waals surface area contributed by atoms with Crippen LogP contribution in [0.2, 0.25) is 0 Å². The maximum absolute atomic E-state index is 9.81. The molecule has 0 aromatic carbocycles. The van der Waals surface area contributed by atoms with Crippen molar-refractivity contribution in [1.29, 1.82) is 0 Å². The van der Waals surface area contributed by atoms with E-state index in [1.165, 1.54) is 38.5 Å². The predicted octanol–water partition coefficient (Wildman–Crippen LogP) is 5.29. The van der Waals surface area contributed by atoms with Crippen LogP contribution in [-0.2, 0) is 9.05 Å². The Bertz CT molecular complexity index is 188. The standard InChI is InChI=1S/C16H35O3P.Ba/c1-5-9-11-15(7-3)13-18-20(17)19-14-16(8-4)12-10-6-2;/h15-17H,5-14H2,1-4H3;/q;+2. The molecule has 1 N–H and O–H groups in total. The van der Waals surface area contributed by atoms with Crippen LogP contribution in [0.4, 0.5) is 0 Å². The van der Waals surface area contributed by atoms with Crippen molar-refractivity contribution >= 4 is 57.5 Å². The van der Waals surface area contributed by atoms with Crippen LogP contribution in [0.15, 0.2) is 0 Å². The Morgan fingerprint density at radius 3 is 1.48 bits per heavy atom. The van der Waals surface area contributed by atoms with Gasteiger partial charge in [-0.3, -0.25) is 0 Å². The molecule has 0 amide bonds. The first-order chi connectivity index (χ1) is 9.67. The molecule has 0 bridgehead atoms. The van der Waals surface area contributed by atoms with E-state index in [2.05, 4.69) is 27.7 Å². The van der Waals surface area contributed by atoms with E-state index in [9.17, 15) is 4.89 Å². The van der Waals surface area contributed by atoms with Gasteiger partial charge >= 0.3 is 57.5 Å². The Balaban J connectivity index is 0. The molecule has 0 radical (unpaired) electrons. The van der Waals surface area contributed by atoms with Gasteiger partial charge in [0.05, 0.1) is 13.2 Å². The molecule has 0 heterocycles. The second-order valence-electron chi connectivity index (χ2n) is 5.66. The van der Waals surface area contributed by atoms with Gasteiger partial charge in [-0.05, 0) is 24.7 Å². The molecule has 0 saturated carbocycles. The predicted molar refractivity (Wildman–Crippen MR) is 93.4 cm³/mol. The molecule has 2 atom stereocenters. The average molecular weight is 444 g/mol. The molecule has 21 heavy (non-hydrogen) atoms. The first-order valence-corrected chi connectivity index (χ1v) is 9.55. The van der Waals surface area contributed by atoms with Gasteiger partial charge in [0.1, 0.15) is 0 Å². The summed E-state index contributed by atoms with van der Waals surface area (Å²) in [6.07, 6.45) is 9.50. The molecule has 3 nitrogen and oxygen atoms in total. The summed E-state index contributed by atoms with van der Waals surface area (Å²) in [4.78, 5) is 9.81. The van der Waals surface area contributed by atoms with Gasteiger partial charge in [-0.1, -0.05) is 66.2 Å². The first kappa shape index (κ1) is 25.1. The third-order valence-electron chi connectivity index (χ3n) is 3.93. The van der Waals surface area contributed by atoms with Crippen LogP contribution in [0.25, 0.3) is 0 Å². The summed E-state index contributed by atoms with van der Waals surface area (Å²) >= 11 is 0. The molecule has 0 spiro atoms. The maximum Gasteiger partial charge on any atom is 2.00 e. The van der Waals surface area contributed by atoms with Crippen LogP contribution in [0.1, 0.15) is 79.1 Å². The van der Waals surface area contributed by atoms with Crippen molar-refractivity contribution in [2.45, 2.75) is 79.1 Å². The van der Waals surface area contributed by atoms with E-state index in [0.29, 0.717) is 25.0 Å². The average Bonchev–Trinajstić information content (AvgIpc) is 2.47. The van der Waals surface area contributed by atoms with Crippen LogP contribution in [-0.4, -0.2) is 67.0 Å². The monoisotopic (exact) mass is 444 g/mol. The first-order valence-electron chi connectivity index (χ1n) is 8.42. The molecule has 0 saturated heterocycles. The van der Waals surface area contributed by atoms with E-state index in [4.69, 9.17) is 9.05 Å². The molecule has 122 valence electrons. The summed E-state index contributed by atoms with van der Waals surface area (Å²) in [6.45, 7) is 10.0. The largest absolute Gasteiger partial charge is 2.00 e. The SMILES string of the molecule is CCCCC(CC)COP(O)OCC(CC)CCCC.[Ba+2]. The normalized spacial score (nSPS) is 15.3. The molecule has 0 aliphatic heterocycles. The molecular weight excluding hydrogens is 408 g/mol. The van der Waals surface area contributed by atoms with Crippen LogP contribution in [0, 0.1) is 11.8 Å². The Kier molecular flexibility index (Phi) is 21.8. The zero-order chi connectivity index (χ0) is 15.2. The summed E-state index contributed by atoms with van der Waals surface area (Å²) in [7, 11) is -1.69. The van der Waals surface area contributed by atoms with Gasteiger partial charge in [0.15, 0.2) is 0 Å². The number of hydrogen-bond donors (Lipinski definition) is 1. The van der Waals surface area contributed by atoms with E-state index in [0.717, 1.165) is 12.8 Å². The third-order valence-corrected chi connectivity index (χ3v) is 4.67. The molecule has 0 aliphatic rings. The number of unbranched alkanes of at least 4 members (excludes halogenated alkanes) is 2. The van der Waals surface area contributed by atoms with E-state index in [1.54, 1.807) is 0 Å². The molecule has 0 aromatic heterocycles. The Labute approximate surface area is 174 Å². The van der Waals surface area contributed by atoms with Gasteiger partial charge in [0, 0.05) is 0 Å². The van der Waals surface area contributed by atoms with Crippen molar-refractivity contribution in [2.24, 2.45) is 11.8 Å². The molecular formula is C16H35BaO3P+2. The molecule has 2 unspecified atom stereocenters. The Morgan fingerprint density at radius 2 is 1.19 bits per heavy atom. The zero-order valence-electron chi connectivity index (χ0n) is 14.6. The van der Waals surface area contributed by atoms with E-state index >= 15 is 0 Å². The molecule has 0 aromatic rings. The van der Waals surface area contributed by atoms with Gasteiger partial charge in [-0.2, -0.15) is 0 Å². The van der Waals surface area contributed by atoms with Gasteiger partial charge in [0.2, 0.25) is 0 Å². The summed E-state index contributed by atoms with van der Waals surface area (Å²) < 4.78 is 11.0. The van der Waals surface area contributed by atoms with Crippen molar-refractivity contribution in [3.63, 3.8) is 0 Å². The fraction of sp³-hybridized carbons (Fsp3) is 1.00. The van der Waals surface area contributed by atoms with Crippen molar-refractivity contribution in [2.75, 3.05) is 13.2 Å². The summed E-state index contributed by atoms with van der Waals surface area (Å²) in [6, 6.07) is 0. The van der Waals surface area contributed by atoms with Gasteiger partial charge in [0.25, 0.3) is 0 Å². The van der Waals surface area contributed by atoms with Crippen molar-refractivity contribution in [1.82, 2.24) is 0 Å². The smallest absolute Gasteiger partial charge is 0.328 e. The maximum atomic E-state index is 9.81. The fourth-order valence-electron chi connectivity index (χ4n) is 2.17. The third kappa shape index (κ3) is 15.2. The minimum atomic E-state index is -1.69. The van der Waals surface area contributed by atoms with E-state index in [1.807, 2.05) is 0 Å². The van der Waals surface area contributed by atoms with Gasteiger partial charge in [-0.25, -0.2) is 0 Å². The molecule has 0 fully saturated rings. The van der Waals surface area contributed by atoms with Gasteiger partial charge < -0.3 is 13.9 Å². The van der Waals surface area contributed by atoms with Crippen molar-refractivity contribution < 1.29 is 13.9 Å². The Morgan fingerprint density at radius 1 is 0.810 bits per heavy atom. The number of hydrogen-bond acceptors (Lipinski definition) is 3. The fourth-order valence-corrected chi connectivity index (χ4v) is 2.92. The van der Waals surface area contributed by atoms with Gasteiger partial charge in [-0.15, -0.1) is 0 Å². The quantitative estimate of drug-likeness (QED) is 0.293. The minimum Gasteiger partial charge on any atom is -0.328 e. The van der Waals surface area contributed by atoms with Crippen LogP contribution in [0.3, 0.4) is 0 Å². The van der Waals surface area contributed by atoms with Crippen LogP contribution < -0.4 is 0 Å². The van der Waals surface area contributed by atoms with E-state index in [-0.39, 0.29) is 48.9 Å². The van der Waals surface area contributed by atoms with Crippen LogP contribution in [0.5, 0.6) is 0 Å². The second-order valence-corrected chi connectivity index (χ2v) is 6.65. The summed E-state index contributed by atoms with van der Waals surface area (Å²) in [5.41, 5.74) is 0. The summed E-state index contributed by atoms with van der Waals surface area (Å²) in [5.74, 6) is 1.11. The van der Waals surface area contributed by atoms with Crippen molar-refractivity contribution in [3.05, 3.63) is 0 Å². The molecule has 0 aliphatic carbocycles. The molecule has 0 rings (SSSR count). The van der Waals surface area contributed by atoms with E-state index < -0.39 is 8.60 Å². The van der Waals surface area contributed by atoms with Crippen LogP contribution >= 0.6 is 8.60 Å². The Hall–Kier alpha value is 1.88. The molecule has 5 heteroatoms. The second kappa shape index (κ2) is 18.2. The minimum absolute atomic E-state index is 0.